The Hall–Kier alpha value is -0.960. The van der Waals surface area contributed by atoms with Crippen LogP contribution in [-0.4, -0.2) is 20.4 Å². The standard InChI is InChI=1S/C13H16BrN3O2S2/c1-8-4-5-11(9(2)16-8)17-21(18,19)12-6-10(7-15-3)20-13(12)14/h4-6,15,17H,7H2,1-3H3. The number of aromatic nitrogens is 1. The van der Waals surface area contributed by atoms with E-state index in [0.717, 1.165) is 10.6 Å². The molecule has 0 spiro atoms. The van der Waals surface area contributed by atoms with Crippen LogP contribution in [0.1, 0.15) is 16.3 Å². The number of hydrogen-bond donors (Lipinski definition) is 2. The van der Waals surface area contributed by atoms with E-state index >= 15 is 0 Å². The molecule has 0 amide bonds. The molecule has 0 bridgehead atoms. The van der Waals surface area contributed by atoms with Gasteiger partial charge in [-0.15, -0.1) is 11.3 Å². The van der Waals surface area contributed by atoms with Gasteiger partial charge in [-0.2, -0.15) is 0 Å². The number of anilines is 1. The molecule has 2 heterocycles. The van der Waals surface area contributed by atoms with Crippen LogP contribution in [0.15, 0.2) is 26.9 Å². The van der Waals surface area contributed by atoms with Gasteiger partial charge in [0.1, 0.15) is 4.90 Å². The minimum absolute atomic E-state index is 0.248. The van der Waals surface area contributed by atoms with Crippen molar-refractivity contribution in [3.8, 4) is 0 Å². The fourth-order valence-corrected chi connectivity index (χ4v) is 5.65. The maximum Gasteiger partial charge on any atom is 0.263 e. The van der Waals surface area contributed by atoms with Gasteiger partial charge in [0, 0.05) is 17.1 Å². The first-order valence-corrected chi connectivity index (χ1v) is 9.32. The number of nitrogens with zero attached hydrogens (tertiary/aromatic N) is 1. The second-order valence-electron chi connectivity index (χ2n) is 4.57. The van der Waals surface area contributed by atoms with E-state index in [1.807, 2.05) is 14.0 Å². The lowest BCUT2D eigenvalue weighted by Gasteiger charge is -2.09. The zero-order chi connectivity index (χ0) is 15.6. The third-order valence-corrected chi connectivity index (χ3v) is 6.43. The van der Waals surface area contributed by atoms with Gasteiger partial charge >= 0.3 is 0 Å². The van der Waals surface area contributed by atoms with Gasteiger partial charge in [0.05, 0.1) is 15.2 Å². The number of nitrogens with one attached hydrogen (secondary N) is 2. The number of aryl methyl sites for hydroxylation is 2. The van der Waals surface area contributed by atoms with Crippen molar-refractivity contribution in [3.63, 3.8) is 0 Å². The van der Waals surface area contributed by atoms with Gasteiger partial charge in [0.2, 0.25) is 0 Å². The number of halogens is 1. The maximum atomic E-state index is 12.5. The summed E-state index contributed by atoms with van der Waals surface area (Å²) in [5, 5.41) is 3.01. The Morgan fingerprint density at radius 3 is 2.67 bits per heavy atom. The molecule has 0 aromatic carbocycles. The highest BCUT2D eigenvalue weighted by Gasteiger charge is 2.21. The first kappa shape index (κ1) is 16.4. The van der Waals surface area contributed by atoms with Gasteiger partial charge < -0.3 is 5.32 Å². The normalized spacial score (nSPS) is 11.6. The molecule has 5 nitrogen and oxygen atoms in total. The lowest BCUT2D eigenvalue weighted by atomic mass is 10.3. The summed E-state index contributed by atoms with van der Waals surface area (Å²) in [5.41, 5.74) is 2.00. The van der Waals surface area contributed by atoms with E-state index in [2.05, 4.69) is 31.0 Å². The summed E-state index contributed by atoms with van der Waals surface area (Å²) in [6.45, 7) is 4.27. The Balaban J connectivity index is 2.34. The molecule has 0 radical (unpaired) electrons. The zero-order valence-electron chi connectivity index (χ0n) is 11.9. The highest BCUT2D eigenvalue weighted by Crippen LogP contribution is 2.33. The number of rotatable bonds is 5. The van der Waals surface area contributed by atoms with Crippen LogP contribution in [0.3, 0.4) is 0 Å². The van der Waals surface area contributed by atoms with Crippen molar-refractivity contribution in [3.05, 3.63) is 38.3 Å². The molecule has 114 valence electrons. The van der Waals surface area contributed by atoms with Crippen molar-refractivity contribution in [1.82, 2.24) is 10.3 Å². The Labute approximate surface area is 137 Å². The highest BCUT2D eigenvalue weighted by molar-refractivity contribution is 9.11. The third kappa shape index (κ3) is 3.82. The monoisotopic (exact) mass is 389 g/mol. The average molecular weight is 390 g/mol. The minimum atomic E-state index is -3.63. The molecular weight excluding hydrogens is 374 g/mol. The summed E-state index contributed by atoms with van der Waals surface area (Å²) in [6.07, 6.45) is 0. The van der Waals surface area contributed by atoms with Crippen molar-refractivity contribution < 1.29 is 8.42 Å². The van der Waals surface area contributed by atoms with Gasteiger partial charge in [-0.1, -0.05) is 0 Å². The zero-order valence-corrected chi connectivity index (χ0v) is 15.1. The van der Waals surface area contributed by atoms with E-state index in [1.165, 1.54) is 11.3 Å². The smallest absolute Gasteiger partial charge is 0.263 e. The molecule has 2 aromatic heterocycles. The van der Waals surface area contributed by atoms with Crippen LogP contribution in [0, 0.1) is 13.8 Å². The number of thiophene rings is 1. The first-order chi connectivity index (χ1) is 9.83. The molecule has 0 saturated heterocycles. The molecule has 0 saturated carbocycles. The Morgan fingerprint density at radius 2 is 2.05 bits per heavy atom. The molecule has 8 heteroatoms. The summed E-state index contributed by atoms with van der Waals surface area (Å²) in [4.78, 5) is 5.46. The summed E-state index contributed by atoms with van der Waals surface area (Å²) in [7, 11) is -1.81. The third-order valence-electron chi connectivity index (χ3n) is 2.82. The summed E-state index contributed by atoms with van der Waals surface area (Å²) in [5.74, 6) is 0. The average Bonchev–Trinajstić information content (AvgIpc) is 2.75. The maximum absolute atomic E-state index is 12.5. The molecule has 0 aliphatic carbocycles. The largest absolute Gasteiger partial charge is 0.315 e. The van der Waals surface area contributed by atoms with Crippen LogP contribution in [0.5, 0.6) is 0 Å². The van der Waals surface area contributed by atoms with Crippen LogP contribution < -0.4 is 10.0 Å². The predicted molar refractivity (Wildman–Crippen MR) is 89.3 cm³/mol. The summed E-state index contributed by atoms with van der Waals surface area (Å²) >= 11 is 4.72. The lowest BCUT2D eigenvalue weighted by Crippen LogP contribution is -2.14. The molecule has 21 heavy (non-hydrogen) atoms. The Bertz CT molecular complexity index is 757. The van der Waals surface area contributed by atoms with Crippen LogP contribution in [0.4, 0.5) is 5.69 Å². The van der Waals surface area contributed by atoms with E-state index in [0.29, 0.717) is 21.7 Å². The first-order valence-electron chi connectivity index (χ1n) is 6.23. The van der Waals surface area contributed by atoms with Crippen molar-refractivity contribution in [2.24, 2.45) is 0 Å². The molecule has 2 N–H and O–H groups in total. The van der Waals surface area contributed by atoms with Gasteiger partial charge in [-0.05, 0) is 55.0 Å². The lowest BCUT2D eigenvalue weighted by molar-refractivity contribution is 0.601. The van der Waals surface area contributed by atoms with Crippen molar-refractivity contribution in [2.75, 3.05) is 11.8 Å². The molecule has 0 atom stereocenters. The SMILES string of the molecule is CNCc1cc(S(=O)(=O)Nc2ccc(C)nc2C)c(Br)s1. The second-order valence-corrected chi connectivity index (χ2v) is 8.68. The molecule has 0 aliphatic heterocycles. The van der Waals surface area contributed by atoms with Gasteiger partial charge in [0.15, 0.2) is 0 Å². The van der Waals surface area contributed by atoms with Crippen molar-refractivity contribution >= 4 is 43.0 Å². The van der Waals surface area contributed by atoms with Gasteiger partial charge in [-0.25, -0.2) is 8.42 Å². The van der Waals surface area contributed by atoms with Crippen LogP contribution >= 0.6 is 27.3 Å². The number of sulfonamides is 1. The fourth-order valence-electron chi connectivity index (χ4n) is 1.84. The Morgan fingerprint density at radius 1 is 1.33 bits per heavy atom. The molecule has 0 aliphatic rings. The molecule has 0 unspecified atom stereocenters. The second kappa shape index (κ2) is 6.43. The molecule has 0 fully saturated rings. The molecule has 2 aromatic rings. The topological polar surface area (TPSA) is 71.1 Å². The van der Waals surface area contributed by atoms with Crippen LogP contribution in [0.25, 0.3) is 0 Å². The fraction of sp³-hybridized carbons (Fsp3) is 0.308. The van der Waals surface area contributed by atoms with E-state index < -0.39 is 10.0 Å². The van der Waals surface area contributed by atoms with Crippen LogP contribution in [0.2, 0.25) is 0 Å². The van der Waals surface area contributed by atoms with E-state index in [4.69, 9.17) is 0 Å². The van der Waals surface area contributed by atoms with E-state index in [9.17, 15) is 8.42 Å². The summed E-state index contributed by atoms with van der Waals surface area (Å²) in [6, 6.07) is 5.18. The quantitative estimate of drug-likeness (QED) is 0.823. The van der Waals surface area contributed by atoms with Gasteiger partial charge in [0.25, 0.3) is 10.0 Å². The highest BCUT2D eigenvalue weighted by atomic mass is 79.9. The minimum Gasteiger partial charge on any atom is -0.315 e. The van der Waals surface area contributed by atoms with Crippen molar-refractivity contribution in [2.45, 2.75) is 25.3 Å². The number of hydrogen-bond acceptors (Lipinski definition) is 5. The number of pyridine rings is 1. The van der Waals surface area contributed by atoms with E-state index in [-0.39, 0.29) is 4.90 Å². The molecule has 2 rings (SSSR count). The summed E-state index contributed by atoms with van der Waals surface area (Å²) < 4.78 is 28.2. The van der Waals surface area contributed by atoms with E-state index in [1.54, 1.807) is 25.1 Å². The predicted octanol–water partition coefficient (Wildman–Crippen LogP) is 3.04. The van der Waals surface area contributed by atoms with Crippen LogP contribution in [-0.2, 0) is 16.6 Å². The van der Waals surface area contributed by atoms with Gasteiger partial charge in [-0.3, -0.25) is 9.71 Å². The van der Waals surface area contributed by atoms with Crippen molar-refractivity contribution in [1.29, 1.82) is 0 Å². The Kier molecular flexibility index (Phi) is 5.03. The molecular formula is C13H16BrN3O2S2.